The van der Waals surface area contributed by atoms with Crippen LogP contribution >= 0.6 is 0 Å². The molecule has 3 heterocycles. The monoisotopic (exact) mass is 452 g/mol. The summed E-state index contributed by atoms with van der Waals surface area (Å²) in [6.45, 7) is 5.61. The van der Waals surface area contributed by atoms with E-state index in [9.17, 15) is 4.79 Å². The van der Waals surface area contributed by atoms with Crippen molar-refractivity contribution in [3.05, 3.63) is 54.4 Å². The van der Waals surface area contributed by atoms with E-state index in [1.165, 1.54) is 0 Å². The summed E-state index contributed by atoms with van der Waals surface area (Å²) in [5.41, 5.74) is 2.55. The second-order valence-corrected chi connectivity index (χ2v) is 7.68. The Balaban J connectivity index is 1.46. The first-order valence-electron chi connectivity index (χ1n) is 10.9. The molecule has 0 fully saturated rings. The average molecular weight is 453 g/mol. The molecule has 1 aliphatic rings. The van der Waals surface area contributed by atoms with E-state index in [0.29, 0.717) is 25.6 Å². The Hall–Kier alpha value is -3.66. The van der Waals surface area contributed by atoms with E-state index in [-0.39, 0.29) is 25.2 Å². The lowest BCUT2D eigenvalue weighted by Crippen LogP contribution is -2.33. The molecule has 2 aromatic heterocycles. The molecule has 1 aliphatic heterocycles. The van der Waals surface area contributed by atoms with E-state index in [4.69, 9.17) is 14.2 Å². The van der Waals surface area contributed by atoms with Crippen LogP contribution in [0.4, 0.5) is 5.69 Å². The van der Waals surface area contributed by atoms with Gasteiger partial charge in [-0.15, -0.1) is 0 Å². The molecule has 10 nitrogen and oxygen atoms in total. The van der Waals surface area contributed by atoms with E-state index in [0.717, 1.165) is 28.6 Å². The molecule has 4 rings (SSSR count). The number of ether oxygens (including phenoxy) is 3. The molecule has 0 saturated carbocycles. The van der Waals surface area contributed by atoms with E-state index in [1.807, 2.05) is 38.2 Å². The number of rotatable bonds is 10. The fourth-order valence-electron chi connectivity index (χ4n) is 3.57. The molecule has 0 aliphatic carbocycles. The van der Waals surface area contributed by atoms with E-state index < -0.39 is 0 Å². The van der Waals surface area contributed by atoms with Gasteiger partial charge in [-0.1, -0.05) is 0 Å². The van der Waals surface area contributed by atoms with Crippen molar-refractivity contribution in [1.82, 2.24) is 24.8 Å². The number of hydrogen-bond donors (Lipinski definition) is 1. The maximum atomic E-state index is 12.3. The number of hydrogen-bond acceptors (Lipinski definition) is 9. The smallest absolute Gasteiger partial charge is 0.307 e. The van der Waals surface area contributed by atoms with Crippen LogP contribution in [0.15, 0.2) is 43.0 Å². The van der Waals surface area contributed by atoms with E-state index >= 15 is 0 Å². The maximum absolute atomic E-state index is 12.3. The van der Waals surface area contributed by atoms with Crippen LogP contribution in [0.25, 0.3) is 5.95 Å². The molecule has 0 radical (unpaired) electrons. The van der Waals surface area contributed by atoms with Gasteiger partial charge in [0.1, 0.15) is 6.33 Å². The number of aryl methyl sites for hydroxylation is 1. The van der Waals surface area contributed by atoms with Crippen LogP contribution in [0.1, 0.15) is 30.8 Å². The van der Waals surface area contributed by atoms with Gasteiger partial charge in [-0.05, 0) is 32.0 Å². The molecule has 33 heavy (non-hydrogen) atoms. The molecule has 1 atom stereocenters. The minimum Gasteiger partial charge on any atom is -0.466 e. The number of carbonyl (C=O) groups excluding carboxylic acids is 1. The Kier molecular flexibility index (Phi) is 7.04. The van der Waals surface area contributed by atoms with Gasteiger partial charge in [0.25, 0.3) is 0 Å². The highest BCUT2D eigenvalue weighted by atomic mass is 16.7. The Labute approximate surface area is 192 Å². The lowest BCUT2D eigenvalue weighted by Gasteiger charge is -2.23. The number of esters is 1. The third-order valence-corrected chi connectivity index (χ3v) is 5.27. The van der Waals surface area contributed by atoms with Crippen molar-refractivity contribution in [2.45, 2.75) is 26.3 Å². The Morgan fingerprint density at radius 1 is 1.27 bits per heavy atom. The first-order chi connectivity index (χ1) is 16.0. The molecular formula is C23H28N6O4. The number of nitrogens with zero attached hydrogens (tertiary/aromatic N) is 5. The highest BCUT2D eigenvalue weighted by molar-refractivity contribution is 5.70. The topological polar surface area (TPSA) is 104 Å². The maximum Gasteiger partial charge on any atom is 0.307 e. The van der Waals surface area contributed by atoms with Crippen molar-refractivity contribution in [3.63, 3.8) is 0 Å². The largest absolute Gasteiger partial charge is 0.466 e. The van der Waals surface area contributed by atoms with Gasteiger partial charge in [0.2, 0.25) is 12.7 Å². The lowest BCUT2D eigenvalue weighted by atomic mass is 10.1. The number of nitrogens with one attached hydrogen (secondary N) is 1. The minimum absolute atomic E-state index is 0.168. The van der Waals surface area contributed by atoms with Gasteiger partial charge in [-0.25, -0.2) is 15.0 Å². The van der Waals surface area contributed by atoms with Crippen molar-refractivity contribution in [1.29, 1.82) is 0 Å². The Bertz CT molecular complexity index is 1090. The van der Waals surface area contributed by atoms with Crippen LogP contribution < -0.4 is 19.7 Å². The molecule has 174 valence electrons. The molecule has 0 bridgehead atoms. The van der Waals surface area contributed by atoms with Gasteiger partial charge in [-0.3, -0.25) is 9.36 Å². The van der Waals surface area contributed by atoms with Crippen molar-refractivity contribution in [3.8, 4) is 17.4 Å². The standard InChI is InChI=1S/C23H28N6O4/c1-4-31-22(30)13-18(19-11-16(2)26-23(27-19)29-10-7-24-14-29)25-8-9-28(3)17-5-6-20-21(12-17)33-15-32-20/h5-7,10-12,14,18,25H,4,8-9,13,15H2,1-3H3. The van der Waals surface area contributed by atoms with Gasteiger partial charge in [-0.2, -0.15) is 0 Å². The first kappa shape index (κ1) is 22.5. The Morgan fingerprint density at radius 3 is 2.91 bits per heavy atom. The van der Waals surface area contributed by atoms with Crippen LogP contribution in [-0.2, 0) is 9.53 Å². The number of carbonyl (C=O) groups is 1. The number of anilines is 1. The lowest BCUT2D eigenvalue weighted by molar-refractivity contribution is -0.143. The molecular weight excluding hydrogens is 424 g/mol. The summed E-state index contributed by atoms with van der Waals surface area (Å²) in [5.74, 6) is 1.74. The SMILES string of the molecule is CCOC(=O)CC(NCCN(C)c1ccc2c(c1)OCO2)c1cc(C)nc(-n2ccnc2)n1. The summed E-state index contributed by atoms with van der Waals surface area (Å²) in [6.07, 6.45) is 5.27. The summed E-state index contributed by atoms with van der Waals surface area (Å²) in [6, 6.07) is 7.43. The summed E-state index contributed by atoms with van der Waals surface area (Å²) in [4.78, 5) is 27.6. The first-order valence-corrected chi connectivity index (χ1v) is 10.9. The predicted octanol–water partition coefficient (Wildman–Crippen LogP) is 2.42. The van der Waals surface area contributed by atoms with Crippen LogP contribution in [0, 0.1) is 6.92 Å². The van der Waals surface area contributed by atoms with Crippen molar-refractivity contribution >= 4 is 11.7 Å². The molecule has 0 amide bonds. The summed E-state index contributed by atoms with van der Waals surface area (Å²) >= 11 is 0. The van der Waals surface area contributed by atoms with Crippen molar-refractivity contribution in [2.24, 2.45) is 0 Å². The second kappa shape index (κ2) is 10.3. The zero-order chi connectivity index (χ0) is 23.2. The number of fused-ring (bicyclic) bond motifs is 1. The third kappa shape index (κ3) is 5.58. The third-order valence-electron chi connectivity index (χ3n) is 5.27. The number of benzene rings is 1. The van der Waals surface area contributed by atoms with Crippen LogP contribution in [-0.4, -0.2) is 59.0 Å². The fraction of sp³-hybridized carbons (Fsp3) is 0.391. The number of imidazole rings is 1. The Morgan fingerprint density at radius 2 is 2.12 bits per heavy atom. The zero-order valence-corrected chi connectivity index (χ0v) is 19.0. The molecule has 10 heteroatoms. The van der Waals surface area contributed by atoms with Crippen LogP contribution in [0.3, 0.4) is 0 Å². The highest BCUT2D eigenvalue weighted by Crippen LogP contribution is 2.35. The van der Waals surface area contributed by atoms with Gasteiger partial charge in [0.05, 0.1) is 24.8 Å². The molecule has 1 aromatic carbocycles. The normalized spacial score (nSPS) is 13.1. The number of likely N-dealkylation sites (N-methyl/N-ethyl adjacent to an activating group) is 1. The summed E-state index contributed by atoms with van der Waals surface area (Å²) in [7, 11) is 2.01. The van der Waals surface area contributed by atoms with E-state index in [2.05, 4.69) is 25.2 Å². The summed E-state index contributed by atoms with van der Waals surface area (Å²) < 4.78 is 17.8. The molecule has 0 spiro atoms. The van der Waals surface area contributed by atoms with Crippen LogP contribution in [0.5, 0.6) is 11.5 Å². The minimum atomic E-state index is -0.321. The van der Waals surface area contributed by atoms with Gasteiger partial charge in [0.15, 0.2) is 11.5 Å². The van der Waals surface area contributed by atoms with Crippen LogP contribution in [0.2, 0.25) is 0 Å². The molecule has 1 unspecified atom stereocenters. The summed E-state index contributed by atoms with van der Waals surface area (Å²) in [5, 5.41) is 3.46. The zero-order valence-electron chi connectivity index (χ0n) is 19.0. The average Bonchev–Trinajstić information content (AvgIpc) is 3.49. The van der Waals surface area contributed by atoms with Gasteiger partial charge < -0.3 is 24.4 Å². The van der Waals surface area contributed by atoms with Gasteiger partial charge in [0, 0.05) is 50.0 Å². The molecule has 3 aromatic rings. The van der Waals surface area contributed by atoms with E-state index in [1.54, 1.807) is 30.2 Å². The van der Waals surface area contributed by atoms with Crippen molar-refractivity contribution < 1.29 is 19.0 Å². The quantitative estimate of drug-likeness (QED) is 0.465. The van der Waals surface area contributed by atoms with Gasteiger partial charge >= 0.3 is 5.97 Å². The predicted molar refractivity (Wildman–Crippen MR) is 122 cm³/mol. The molecule has 0 saturated heterocycles. The fourth-order valence-corrected chi connectivity index (χ4v) is 3.57. The van der Waals surface area contributed by atoms with Crippen molar-refractivity contribution in [2.75, 3.05) is 38.4 Å². The second-order valence-electron chi connectivity index (χ2n) is 7.68. The number of aromatic nitrogens is 4. The highest BCUT2D eigenvalue weighted by Gasteiger charge is 2.20. The molecule has 1 N–H and O–H groups in total.